The molecule has 0 aromatic carbocycles. The van der Waals surface area contributed by atoms with Crippen LogP contribution in [0, 0.1) is 18.8 Å². The summed E-state index contributed by atoms with van der Waals surface area (Å²) in [5.74, 6) is 1.90. The van der Waals surface area contributed by atoms with Crippen molar-refractivity contribution in [1.82, 2.24) is 24.2 Å². The second kappa shape index (κ2) is 6.41. The topological polar surface area (TPSA) is 73.0 Å². The van der Waals surface area contributed by atoms with Crippen LogP contribution >= 0.6 is 0 Å². The monoisotopic (exact) mass is 367 g/mol. The summed E-state index contributed by atoms with van der Waals surface area (Å²) in [6.07, 6.45) is 3.49. The molecule has 0 amide bonds. The average Bonchev–Trinajstić information content (AvgIpc) is 3.13. The van der Waals surface area contributed by atoms with Crippen molar-refractivity contribution in [3.8, 4) is 0 Å². The fourth-order valence-electron chi connectivity index (χ4n) is 4.77. The highest BCUT2D eigenvalue weighted by molar-refractivity contribution is 5.14. The summed E-state index contributed by atoms with van der Waals surface area (Å²) in [7, 11) is 0. The van der Waals surface area contributed by atoms with Crippen LogP contribution in [0.2, 0.25) is 0 Å². The van der Waals surface area contributed by atoms with Gasteiger partial charge in [0.2, 0.25) is 0 Å². The molecular weight excluding hydrogens is 342 g/mol. The summed E-state index contributed by atoms with van der Waals surface area (Å²) in [5, 5.41) is 4.66. The molecule has 0 unspecified atom stereocenters. The van der Waals surface area contributed by atoms with Gasteiger partial charge in [-0.25, -0.2) is 4.68 Å². The first-order valence-corrected chi connectivity index (χ1v) is 9.95. The molecule has 4 heterocycles. The minimum atomic E-state index is -0.452. The van der Waals surface area contributed by atoms with E-state index in [-0.39, 0.29) is 11.5 Å². The zero-order chi connectivity index (χ0) is 18.5. The molecule has 27 heavy (non-hydrogen) atoms. The lowest BCUT2D eigenvalue weighted by atomic mass is 9.85. The van der Waals surface area contributed by atoms with E-state index in [1.54, 1.807) is 4.57 Å². The van der Waals surface area contributed by atoms with E-state index in [1.165, 1.54) is 11.1 Å². The molecule has 2 fully saturated rings. The Morgan fingerprint density at radius 1 is 1.11 bits per heavy atom. The summed E-state index contributed by atoms with van der Waals surface area (Å²) < 4.78 is 3.09. The highest BCUT2D eigenvalue weighted by Gasteiger charge is 2.42. The molecule has 3 aliphatic rings. The van der Waals surface area contributed by atoms with Crippen molar-refractivity contribution in [1.29, 1.82) is 0 Å². The zero-order valence-corrected chi connectivity index (χ0v) is 15.7. The molecule has 1 saturated heterocycles. The van der Waals surface area contributed by atoms with E-state index in [9.17, 15) is 9.59 Å². The van der Waals surface area contributed by atoms with Crippen LogP contribution in [0.15, 0.2) is 27.8 Å². The summed E-state index contributed by atoms with van der Waals surface area (Å²) in [6.45, 7) is 5.82. The molecule has 0 N–H and O–H groups in total. The third-order valence-electron chi connectivity index (χ3n) is 6.42. The molecule has 0 bridgehead atoms. The van der Waals surface area contributed by atoms with Gasteiger partial charge in [0, 0.05) is 50.3 Å². The maximum Gasteiger partial charge on any atom is 0.332 e. The third-order valence-corrected chi connectivity index (χ3v) is 6.42. The molecule has 2 atom stereocenters. The molecule has 7 heteroatoms. The Morgan fingerprint density at radius 2 is 1.96 bits per heavy atom. The Morgan fingerprint density at radius 3 is 2.70 bits per heavy atom. The Balaban J connectivity index is 1.38. The molecule has 2 aromatic heterocycles. The van der Waals surface area contributed by atoms with Crippen molar-refractivity contribution in [2.75, 3.05) is 13.1 Å². The molecule has 0 radical (unpaired) electrons. The van der Waals surface area contributed by atoms with Gasteiger partial charge < -0.3 is 0 Å². The number of fused-ring (bicyclic) bond motifs is 3. The van der Waals surface area contributed by atoms with E-state index in [1.807, 2.05) is 19.1 Å². The number of aryl methyl sites for hydroxylation is 1. The zero-order valence-electron chi connectivity index (χ0n) is 15.7. The van der Waals surface area contributed by atoms with Crippen molar-refractivity contribution in [3.05, 3.63) is 56.1 Å². The summed E-state index contributed by atoms with van der Waals surface area (Å²) >= 11 is 0. The first-order chi connectivity index (χ1) is 13.1. The number of likely N-dealkylation sites (tertiary alicyclic amines) is 1. The maximum atomic E-state index is 12.6. The standard InChI is InChI=1S/C20H25N5O2/c1-13-4-2-7-16(21-13)11-23-9-15-10-24-18(17(15)12-23)22-25(20(27)19(24)26)8-14-5-3-6-14/h2,4,7,14-15,17H,3,5-6,8-12H2,1H3/t15-,17+/m0/s1. The maximum absolute atomic E-state index is 12.6. The highest BCUT2D eigenvalue weighted by atomic mass is 16.2. The smallest absolute Gasteiger partial charge is 0.296 e. The van der Waals surface area contributed by atoms with Gasteiger partial charge in [-0.1, -0.05) is 12.5 Å². The van der Waals surface area contributed by atoms with E-state index in [0.717, 1.165) is 49.7 Å². The van der Waals surface area contributed by atoms with Gasteiger partial charge in [0.05, 0.1) is 5.69 Å². The fourth-order valence-corrected chi connectivity index (χ4v) is 4.77. The molecule has 7 nitrogen and oxygen atoms in total. The van der Waals surface area contributed by atoms with Gasteiger partial charge in [-0.3, -0.25) is 24.0 Å². The fraction of sp³-hybridized carbons (Fsp3) is 0.600. The second-order valence-electron chi connectivity index (χ2n) is 8.39. The van der Waals surface area contributed by atoms with Crippen LogP contribution < -0.4 is 11.1 Å². The molecule has 142 valence electrons. The van der Waals surface area contributed by atoms with Gasteiger partial charge in [0.1, 0.15) is 5.82 Å². The normalized spacial score (nSPS) is 24.6. The molecule has 2 aliphatic heterocycles. The number of rotatable bonds is 4. The lowest BCUT2D eigenvalue weighted by Gasteiger charge is -2.25. The van der Waals surface area contributed by atoms with Crippen molar-refractivity contribution in [2.24, 2.45) is 11.8 Å². The number of hydrogen-bond donors (Lipinski definition) is 0. The van der Waals surface area contributed by atoms with Crippen molar-refractivity contribution >= 4 is 0 Å². The quantitative estimate of drug-likeness (QED) is 0.758. The van der Waals surface area contributed by atoms with Crippen LogP contribution in [0.1, 0.15) is 42.4 Å². The summed E-state index contributed by atoms with van der Waals surface area (Å²) in [6, 6.07) is 6.12. The van der Waals surface area contributed by atoms with E-state index >= 15 is 0 Å². The second-order valence-corrected chi connectivity index (χ2v) is 8.39. The van der Waals surface area contributed by atoms with E-state index in [4.69, 9.17) is 0 Å². The van der Waals surface area contributed by atoms with Gasteiger partial charge >= 0.3 is 11.1 Å². The average molecular weight is 367 g/mol. The van der Waals surface area contributed by atoms with Gasteiger partial charge in [-0.15, -0.1) is 0 Å². The largest absolute Gasteiger partial charge is 0.332 e. The molecule has 5 rings (SSSR count). The van der Waals surface area contributed by atoms with Gasteiger partial charge in [0.15, 0.2) is 0 Å². The SMILES string of the molecule is Cc1cccc(CN2C[C@H]3Cn4c(nn(CC5CCC5)c(=O)c4=O)[C@@H]3C2)n1. The Labute approximate surface area is 157 Å². The summed E-state index contributed by atoms with van der Waals surface area (Å²) in [4.78, 5) is 32.0. The minimum absolute atomic E-state index is 0.232. The molecule has 0 spiro atoms. The predicted molar refractivity (Wildman–Crippen MR) is 101 cm³/mol. The van der Waals surface area contributed by atoms with Gasteiger partial charge in [-0.2, -0.15) is 5.10 Å². The molecular formula is C20H25N5O2. The highest BCUT2D eigenvalue weighted by Crippen LogP contribution is 2.37. The van der Waals surface area contributed by atoms with E-state index < -0.39 is 5.56 Å². The van der Waals surface area contributed by atoms with Crippen molar-refractivity contribution in [2.45, 2.75) is 51.7 Å². The van der Waals surface area contributed by atoms with E-state index in [2.05, 4.69) is 21.0 Å². The Hall–Kier alpha value is -2.28. The Kier molecular flexibility index (Phi) is 4.00. The number of hydrogen-bond acceptors (Lipinski definition) is 5. The van der Waals surface area contributed by atoms with Gasteiger partial charge in [0.25, 0.3) is 0 Å². The third kappa shape index (κ3) is 2.94. The van der Waals surface area contributed by atoms with E-state index in [0.29, 0.717) is 24.9 Å². The molecule has 1 saturated carbocycles. The first-order valence-electron chi connectivity index (χ1n) is 9.95. The van der Waals surface area contributed by atoms with Crippen molar-refractivity contribution < 1.29 is 0 Å². The number of pyridine rings is 1. The van der Waals surface area contributed by atoms with Crippen LogP contribution in [-0.4, -0.2) is 37.3 Å². The van der Waals surface area contributed by atoms with Crippen molar-refractivity contribution in [3.63, 3.8) is 0 Å². The lowest BCUT2D eigenvalue weighted by Crippen LogP contribution is -2.45. The number of aromatic nitrogens is 4. The van der Waals surface area contributed by atoms with Crippen LogP contribution in [0.3, 0.4) is 0 Å². The summed E-state index contributed by atoms with van der Waals surface area (Å²) in [5.41, 5.74) is 1.27. The molecule has 1 aliphatic carbocycles. The predicted octanol–water partition coefficient (Wildman–Crippen LogP) is 1.14. The Bertz CT molecular complexity index is 991. The lowest BCUT2D eigenvalue weighted by molar-refractivity contribution is 0.256. The van der Waals surface area contributed by atoms with Gasteiger partial charge in [-0.05, 0) is 37.8 Å². The number of nitrogens with zero attached hydrogens (tertiary/aromatic N) is 5. The van der Waals surface area contributed by atoms with Crippen LogP contribution in [0.4, 0.5) is 0 Å². The van der Waals surface area contributed by atoms with Crippen LogP contribution in [-0.2, 0) is 19.6 Å². The first kappa shape index (κ1) is 16.9. The van der Waals surface area contributed by atoms with Crippen LogP contribution in [0.5, 0.6) is 0 Å². The van der Waals surface area contributed by atoms with Crippen LogP contribution in [0.25, 0.3) is 0 Å². The minimum Gasteiger partial charge on any atom is -0.296 e. The molecule has 2 aromatic rings.